The van der Waals surface area contributed by atoms with Gasteiger partial charge in [0.1, 0.15) is 5.82 Å². The number of rotatable bonds is 8. The molecule has 0 aliphatic heterocycles. The molecule has 5 fully saturated rings. The summed E-state index contributed by atoms with van der Waals surface area (Å²) in [6.07, 6.45) is 10.1. The molecule has 5 aliphatic rings. The molecular formula is C46H61FN2O5. The molecule has 5 aliphatic carbocycles. The molecule has 0 heterocycles. The highest BCUT2D eigenvalue weighted by Crippen LogP contribution is 2.77. The minimum atomic E-state index is -1.16. The zero-order valence-electron chi connectivity index (χ0n) is 33.2. The topological polar surface area (TPSA) is 116 Å². The van der Waals surface area contributed by atoms with Gasteiger partial charge in [0.25, 0.3) is 5.91 Å². The van der Waals surface area contributed by atoms with Gasteiger partial charge in [-0.05, 0) is 158 Å². The number of halogens is 1. The minimum Gasteiger partial charge on any atom is -0.478 e. The van der Waals surface area contributed by atoms with E-state index < -0.39 is 23.1 Å². The number of aliphatic hydroxyl groups is 1. The van der Waals surface area contributed by atoms with Gasteiger partial charge in [-0.1, -0.05) is 58.9 Å². The Labute approximate surface area is 321 Å². The molecule has 0 radical (unpaired) electrons. The first-order valence-electron chi connectivity index (χ1n) is 20.4. The van der Waals surface area contributed by atoms with E-state index in [-0.39, 0.29) is 57.3 Å². The summed E-state index contributed by atoms with van der Waals surface area (Å²) in [5.41, 5.74) is 2.35. The molecule has 7 rings (SSSR count). The third-order valence-corrected chi connectivity index (χ3v) is 16.9. The summed E-state index contributed by atoms with van der Waals surface area (Å²) in [4.78, 5) is 39.1. The Hall–Kier alpha value is -3.52. The van der Waals surface area contributed by atoms with E-state index in [2.05, 4.69) is 58.8 Å². The normalized spacial score (nSPS) is 37.9. The lowest BCUT2D eigenvalue weighted by Crippen LogP contribution is -2.67. The highest BCUT2D eigenvalue weighted by Gasteiger charge is 2.71. The Balaban J connectivity index is 1.08. The zero-order chi connectivity index (χ0) is 39.0. The second kappa shape index (κ2) is 13.6. The van der Waals surface area contributed by atoms with Gasteiger partial charge in [-0.2, -0.15) is 0 Å². The van der Waals surface area contributed by atoms with Crippen molar-refractivity contribution in [2.24, 2.45) is 56.7 Å². The van der Waals surface area contributed by atoms with Crippen LogP contribution in [0, 0.1) is 62.5 Å². The summed E-state index contributed by atoms with van der Waals surface area (Å²) >= 11 is 0. The summed E-state index contributed by atoms with van der Waals surface area (Å²) in [6.45, 7) is 19.2. The van der Waals surface area contributed by atoms with Crippen LogP contribution in [-0.4, -0.2) is 34.1 Å². The molecule has 5 saturated carbocycles. The van der Waals surface area contributed by atoms with Crippen LogP contribution in [0.2, 0.25) is 0 Å². The number of carboxylic acid groups (broad SMARTS) is 1. The number of benzene rings is 2. The van der Waals surface area contributed by atoms with E-state index in [4.69, 9.17) is 0 Å². The van der Waals surface area contributed by atoms with Gasteiger partial charge in [0.05, 0.1) is 17.1 Å². The first kappa shape index (κ1) is 38.7. The predicted octanol–water partition coefficient (Wildman–Crippen LogP) is 9.09. The standard InChI is InChI=1S/C46H61FN2O5/c1-27(2)32-15-20-46(41(54)49-25-28-9-8-10-29(23-28)39(51)48-26-31-24-30(40(52)53)11-13-34(31)47)22-21-44(6)33(38(32)46)12-14-36-43(5)18-17-37(50)42(3,4)35(43)16-19-45(36,44)7/h8-11,13,23-24,32-33,35-38,50H,1,12,14-22,25-26H2,2-7H3,(H,48,51)(H,49,54)(H,52,53)/t32-,33?,35?,36?,37-,38?,43-,44+,45+,46-/m0/s1. The lowest BCUT2D eigenvalue weighted by atomic mass is 9.32. The fourth-order valence-corrected chi connectivity index (χ4v) is 13.8. The van der Waals surface area contributed by atoms with Gasteiger partial charge >= 0.3 is 5.97 Å². The van der Waals surface area contributed by atoms with Crippen LogP contribution in [0.1, 0.15) is 138 Å². The summed E-state index contributed by atoms with van der Waals surface area (Å²) in [6, 6.07) is 10.6. The van der Waals surface area contributed by atoms with Crippen molar-refractivity contribution in [2.45, 2.75) is 125 Å². The predicted molar refractivity (Wildman–Crippen MR) is 208 cm³/mol. The van der Waals surface area contributed by atoms with Crippen LogP contribution in [0.3, 0.4) is 0 Å². The van der Waals surface area contributed by atoms with Crippen molar-refractivity contribution >= 4 is 17.8 Å². The Bertz CT molecular complexity index is 1860. The minimum absolute atomic E-state index is 0.0482. The van der Waals surface area contributed by atoms with Crippen LogP contribution >= 0.6 is 0 Å². The number of fused-ring (bicyclic) bond motifs is 7. The summed E-state index contributed by atoms with van der Waals surface area (Å²) in [5.74, 6) is 0.0421. The Morgan fingerprint density at radius 2 is 1.57 bits per heavy atom. The number of amides is 2. The number of aromatic carboxylic acids is 1. The van der Waals surface area contributed by atoms with Gasteiger partial charge < -0.3 is 20.8 Å². The maximum atomic E-state index is 14.7. The number of aliphatic hydroxyl groups excluding tert-OH is 1. The van der Waals surface area contributed by atoms with Crippen LogP contribution in [0.25, 0.3) is 0 Å². The molecular weight excluding hydrogens is 680 g/mol. The van der Waals surface area contributed by atoms with Gasteiger partial charge in [-0.3, -0.25) is 9.59 Å². The smallest absolute Gasteiger partial charge is 0.335 e. The lowest BCUT2D eigenvalue weighted by Gasteiger charge is -2.72. The number of carboxylic acids is 1. The largest absolute Gasteiger partial charge is 0.478 e. The second-order valence-corrected chi connectivity index (χ2v) is 19.4. The molecule has 0 aromatic heterocycles. The summed E-state index contributed by atoms with van der Waals surface area (Å²) < 4.78 is 14.4. The lowest BCUT2D eigenvalue weighted by molar-refractivity contribution is -0.246. The molecule has 7 nitrogen and oxygen atoms in total. The average molecular weight is 741 g/mol. The Morgan fingerprint density at radius 3 is 2.30 bits per heavy atom. The fourth-order valence-electron chi connectivity index (χ4n) is 13.8. The maximum Gasteiger partial charge on any atom is 0.335 e. The van der Waals surface area contributed by atoms with Gasteiger partial charge in [-0.15, -0.1) is 0 Å². The van der Waals surface area contributed by atoms with Gasteiger partial charge in [0.2, 0.25) is 5.91 Å². The monoisotopic (exact) mass is 740 g/mol. The van der Waals surface area contributed by atoms with Crippen LogP contribution in [0.5, 0.6) is 0 Å². The molecule has 4 unspecified atom stereocenters. The fraction of sp³-hybridized carbons (Fsp3) is 0.630. The molecule has 2 amide bonds. The van der Waals surface area contributed by atoms with E-state index in [0.29, 0.717) is 35.8 Å². The van der Waals surface area contributed by atoms with Gasteiger partial charge in [0, 0.05) is 24.2 Å². The van der Waals surface area contributed by atoms with E-state index in [0.717, 1.165) is 63.0 Å². The Kier molecular flexibility index (Phi) is 9.76. The molecule has 8 heteroatoms. The third-order valence-electron chi connectivity index (χ3n) is 16.9. The molecule has 292 valence electrons. The van der Waals surface area contributed by atoms with Crippen molar-refractivity contribution < 1.29 is 29.0 Å². The summed E-state index contributed by atoms with van der Waals surface area (Å²) in [7, 11) is 0. The van der Waals surface area contributed by atoms with Gasteiger partial charge in [-0.25, -0.2) is 9.18 Å². The molecule has 54 heavy (non-hydrogen) atoms. The number of hydrogen-bond donors (Lipinski definition) is 4. The van der Waals surface area contributed by atoms with E-state index in [1.165, 1.54) is 30.5 Å². The highest BCUT2D eigenvalue weighted by molar-refractivity contribution is 5.94. The molecule has 0 spiro atoms. The number of hydrogen-bond acceptors (Lipinski definition) is 4. The van der Waals surface area contributed by atoms with E-state index in [1.807, 2.05) is 6.07 Å². The number of allylic oxidation sites excluding steroid dienone is 1. The zero-order valence-corrected chi connectivity index (χ0v) is 33.2. The number of carbonyl (C=O) groups is 3. The van der Waals surface area contributed by atoms with Crippen LogP contribution in [0.4, 0.5) is 4.39 Å². The van der Waals surface area contributed by atoms with Crippen molar-refractivity contribution in [2.75, 3.05) is 0 Å². The van der Waals surface area contributed by atoms with Gasteiger partial charge in [0.15, 0.2) is 0 Å². The van der Waals surface area contributed by atoms with Crippen LogP contribution in [0.15, 0.2) is 54.6 Å². The molecule has 4 N–H and O–H groups in total. The average Bonchev–Trinajstić information content (AvgIpc) is 3.53. The molecule has 2 aromatic carbocycles. The second-order valence-electron chi connectivity index (χ2n) is 19.4. The first-order valence-corrected chi connectivity index (χ1v) is 20.4. The van der Waals surface area contributed by atoms with Crippen molar-refractivity contribution in [3.05, 3.63) is 82.7 Å². The van der Waals surface area contributed by atoms with E-state index in [1.54, 1.807) is 18.2 Å². The highest BCUT2D eigenvalue weighted by atomic mass is 19.1. The molecule has 0 bridgehead atoms. The van der Waals surface area contributed by atoms with Crippen molar-refractivity contribution in [3.63, 3.8) is 0 Å². The maximum absolute atomic E-state index is 14.7. The van der Waals surface area contributed by atoms with Crippen LogP contribution in [-0.2, 0) is 17.9 Å². The summed E-state index contributed by atoms with van der Waals surface area (Å²) in [5, 5.41) is 26.4. The number of nitrogens with one attached hydrogen (secondary N) is 2. The van der Waals surface area contributed by atoms with Crippen LogP contribution < -0.4 is 10.6 Å². The Morgan fingerprint density at radius 1 is 0.815 bits per heavy atom. The molecule has 10 atom stereocenters. The third kappa shape index (κ3) is 5.87. The first-order chi connectivity index (χ1) is 25.4. The van der Waals surface area contributed by atoms with Crippen molar-refractivity contribution in [3.8, 4) is 0 Å². The quantitative estimate of drug-likeness (QED) is 0.202. The molecule has 2 aromatic rings. The van der Waals surface area contributed by atoms with Crippen molar-refractivity contribution in [1.29, 1.82) is 0 Å². The molecule has 0 saturated heterocycles. The van der Waals surface area contributed by atoms with E-state index in [9.17, 15) is 29.0 Å². The van der Waals surface area contributed by atoms with Crippen molar-refractivity contribution in [1.82, 2.24) is 10.6 Å². The van der Waals surface area contributed by atoms with E-state index >= 15 is 0 Å². The number of carbonyl (C=O) groups excluding carboxylic acids is 2. The SMILES string of the molecule is C=C(C)[C@@H]1CC[C@]2(C(=O)NCc3cccc(C(=O)NCc4cc(C(=O)O)ccc4F)c3)CC[C@]3(C)C(CCC4[C@@]5(C)CC[C@H](O)C(C)(C)C5CC[C@]43C)C12.